The molecule has 0 aliphatic carbocycles. The first kappa shape index (κ1) is 25.4. The van der Waals surface area contributed by atoms with Gasteiger partial charge in [-0.25, -0.2) is 0 Å². The zero-order valence-corrected chi connectivity index (χ0v) is 14.9. The van der Waals surface area contributed by atoms with Gasteiger partial charge in [-0.2, -0.15) is 0 Å². The zero-order valence-electron chi connectivity index (χ0n) is 13.3. The summed E-state index contributed by atoms with van der Waals surface area (Å²) in [6.45, 7) is -1.14. The van der Waals surface area contributed by atoms with E-state index in [1.165, 1.54) is 24.3 Å². The molecule has 0 amide bonds. The Morgan fingerprint density at radius 2 is 1.00 bits per heavy atom. The van der Waals surface area contributed by atoms with E-state index in [4.69, 9.17) is 26.5 Å². The molecule has 10 heteroatoms. The van der Waals surface area contributed by atoms with E-state index in [1.54, 1.807) is 24.3 Å². The maximum Gasteiger partial charge on any atom is 4.00 e. The molecule has 9 nitrogen and oxygen atoms in total. The third kappa shape index (κ3) is 10.1. The van der Waals surface area contributed by atoms with Crippen molar-refractivity contribution in [2.24, 2.45) is 0 Å². The standard InChI is InChI=1S/2C7H7NO2.C2H3O3.Ti/c2*8-6-4-2-1-3-5(6)7(9)10;3-1-2(4)5;/h2*1-4H,8H2,(H,9,10);1H2,(H,4,5);/q;;-1;+4/p-3. The fourth-order valence-electron chi connectivity index (χ4n) is 1.37. The van der Waals surface area contributed by atoms with Gasteiger partial charge >= 0.3 is 21.7 Å². The van der Waals surface area contributed by atoms with Gasteiger partial charge in [0.1, 0.15) is 0 Å². The fraction of sp³-hybridized carbons (Fsp3) is 0.0625. The van der Waals surface area contributed by atoms with E-state index in [0.29, 0.717) is 0 Å². The molecule has 0 aliphatic rings. The summed E-state index contributed by atoms with van der Waals surface area (Å²) >= 11 is 0. The van der Waals surface area contributed by atoms with E-state index in [9.17, 15) is 19.8 Å². The minimum atomic E-state index is -1.55. The number of benzene rings is 2. The van der Waals surface area contributed by atoms with Crippen LogP contribution in [-0.2, 0) is 26.5 Å². The normalized spacial score (nSPS) is 8.50. The molecule has 26 heavy (non-hydrogen) atoms. The summed E-state index contributed by atoms with van der Waals surface area (Å²) < 4.78 is 0. The topological polar surface area (TPSA) is 195 Å². The predicted octanol–water partition coefficient (Wildman–Crippen LogP) is -3.64. The van der Waals surface area contributed by atoms with Crippen LogP contribution in [0.5, 0.6) is 0 Å². The van der Waals surface area contributed by atoms with E-state index in [1.807, 2.05) is 0 Å². The molecule has 134 valence electrons. The van der Waals surface area contributed by atoms with E-state index in [-0.39, 0.29) is 44.2 Å². The molecule has 4 N–H and O–H groups in total. The van der Waals surface area contributed by atoms with Crippen molar-refractivity contribution in [2.45, 2.75) is 0 Å². The Morgan fingerprint density at radius 1 is 0.731 bits per heavy atom. The Hall–Kier alpha value is -2.88. The number of carbonyl (C=O) groups is 3. The van der Waals surface area contributed by atoms with Crippen LogP contribution in [0.1, 0.15) is 20.7 Å². The van der Waals surface area contributed by atoms with Gasteiger partial charge in [0.2, 0.25) is 0 Å². The van der Waals surface area contributed by atoms with E-state index in [2.05, 4.69) is 0 Å². The summed E-state index contributed by atoms with van der Waals surface area (Å²) in [6, 6.07) is 12.4. The Balaban J connectivity index is 0. The SMILES string of the molecule is Nc1ccccc1C(=O)[O-].Nc1ccccc1C(=O)[O-].O=C([O-])C[O-].[Ti+4]. The average molecular weight is 394 g/mol. The fourth-order valence-corrected chi connectivity index (χ4v) is 1.37. The van der Waals surface area contributed by atoms with Crippen molar-refractivity contribution < 1.29 is 56.5 Å². The van der Waals surface area contributed by atoms with E-state index >= 15 is 0 Å². The number of carbonyl (C=O) groups excluding carboxylic acids is 3. The van der Waals surface area contributed by atoms with Gasteiger partial charge in [0.15, 0.2) is 0 Å². The van der Waals surface area contributed by atoms with Crippen molar-refractivity contribution in [3.05, 3.63) is 59.7 Å². The van der Waals surface area contributed by atoms with Crippen LogP contribution in [0.4, 0.5) is 11.4 Å². The first-order chi connectivity index (χ1) is 11.7. The quantitative estimate of drug-likeness (QED) is 0.390. The van der Waals surface area contributed by atoms with Crippen LogP contribution in [0, 0.1) is 0 Å². The number of rotatable bonds is 3. The van der Waals surface area contributed by atoms with Crippen molar-refractivity contribution in [3.63, 3.8) is 0 Å². The van der Waals surface area contributed by atoms with E-state index in [0.717, 1.165) is 0 Å². The van der Waals surface area contributed by atoms with Gasteiger partial charge in [-0.15, -0.1) is 0 Å². The zero-order chi connectivity index (χ0) is 19.4. The average Bonchev–Trinajstić information content (AvgIpc) is 2.56. The summed E-state index contributed by atoms with van der Waals surface area (Å²) in [4.78, 5) is 29.4. The van der Waals surface area contributed by atoms with Crippen molar-refractivity contribution in [1.29, 1.82) is 0 Å². The van der Waals surface area contributed by atoms with Crippen LogP contribution >= 0.6 is 0 Å². The number of nitrogen functional groups attached to an aromatic ring is 2. The molecule has 0 aromatic heterocycles. The third-order valence-electron chi connectivity index (χ3n) is 2.48. The molecule has 0 heterocycles. The number of nitrogens with two attached hydrogens (primary N) is 2. The second kappa shape index (κ2) is 13.4. The molecule has 2 aromatic carbocycles. The van der Waals surface area contributed by atoms with Gasteiger partial charge in [0.25, 0.3) is 0 Å². The minimum Gasteiger partial charge on any atom is -0.850 e. The number of carboxylic acids is 3. The maximum absolute atomic E-state index is 10.2. The van der Waals surface area contributed by atoms with Crippen LogP contribution in [0.15, 0.2) is 48.5 Å². The van der Waals surface area contributed by atoms with Gasteiger partial charge in [-0.05, 0) is 12.1 Å². The van der Waals surface area contributed by atoms with Gasteiger partial charge in [-0.1, -0.05) is 43.0 Å². The largest absolute Gasteiger partial charge is 4.00 e. The smallest absolute Gasteiger partial charge is 0.850 e. The molecule has 0 unspecified atom stereocenters. The molecule has 2 aromatic rings. The van der Waals surface area contributed by atoms with Gasteiger partial charge in [-0.3, -0.25) is 0 Å². The summed E-state index contributed by atoms with van der Waals surface area (Å²) in [5.74, 6) is -4.03. The summed E-state index contributed by atoms with van der Waals surface area (Å²) in [7, 11) is 0. The molecule has 0 saturated carbocycles. The van der Waals surface area contributed by atoms with Crippen LogP contribution in [0.2, 0.25) is 0 Å². The number of aromatic carboxylic acids is 2. The third-order valence-corrected chi connectivity index (χ3v) is 2.48. The molecule has 0 fully saturated rings. The first-order valence-electron chi connectivity index (χ1n) is 6.60. The Bertz CT molecular complexity index is 683. The van der Waals surface area contributed by atoms with Gasteiger partial charge < -0.3 is 46.3 Å². The molecule has 0 atom stereocenters. The van der Waals surface area contributed by atoms with Gasteiger partial charge in [0, 0.05) is 28.5 Å². The first-order valence-corrected chi connectivity index (χ1v) is 6.60. The summed E-state index contributed by atoms with van der Waals surface area (Å²) in [5, 5.41) is 38.4. The second-order valence-corrected chi connectivity index (χ2v) is 4.27. The molecule has 2 rings (SSSR count). The number of hydrogen-bond donors (Lipinski definition) is 2. The molecular weight excluding hydrogens is 380 g/mol. The van der Waals surface area contributed by atoms with Crippen LogP contribution in [0.25, 0.3) is 0 Å². The number of aliphatic carboxylic acids is 1. The van der Waals surface area contributed by atoms with Crippen LogP contribution in [-0.4, -0.2) is 24.5 Å². The molecular formula is C16H14N2O7Ti. The molecule has 0 bridgehead atoms. The van der Waals surface area contributed by atoms with Crippen LogP contribution < -0.4 is 31.9 Å². The molecule has 0 saturated heterocycles. The summed E-state index contributed by atoms with van der Waals surface area (Å²) in [6.07, 6.45) is 0. The molecule has 0 radical (unpaired) electrons. The molecule has 0 spiro atoms. The Labute approximate surface area is 163 Å². The van der Waals surface area contributed by atoms with Crippen molar-refractivity contribution in [3.8, 4) is 0 Å². The summed E-state index contributed by atoms with van der Waals surface area (Å²) in [5.41, 5.74) is 11.2. The predicted molar refractivity (Wildman–Crippen MR) is 80.2 cm³/mol. The van der Waals surface area contributed by atoms with Crippen molar-refractivity contribution >= 4 is 29.3 Å². The van der Waals surface area contributed by atoms with Gasteiger partial charge in [0.05, 0.1) is 11.9 Å². The second-order valence-electron chi connectivity index (χ2n) is 4.27. The maximum atomic E-state index is 10.2. The number of carboxylic acid groups (broad SMARTS) is 3. The number of para-hydroxylation sites is 2. The Kier molecular flexibility index (Phi) is 13.1. The molecule has 0 aliphatic heterocycles. The van der Waals surface area contributed by atoms with E-state index < -0.39 is 24.5 Å². The number of hydrogen-bond acceptors (Lipinski definition) is 9. The minimum absolute atomic E-state index is 0. The monoisotopic (exact) mass is 394 g/mol. The van der Waals surface area contributed by atoms with Crippen molar-refractivity contribution in [2.75, 3.05) is 18.1 Å². The Morgan fingerprint density at radius 3 is 1.15 bits per heavy atom. The van der Waals surface area contributed by atoms with Crippen LogP contribution in [0.3, 0.4) is 0 Å². The number of anilines is 2. The van der Waals surface area contributed by atoms with Crippen molar-refractivity contribution in [1.82, 2.24) is 0 Å².